The molecule has 7 nitrogen and oxygen atoms in total. The summed E-state index contributed by atoms with van der Waals surface area (Å²) in [6.45, 7) is 9.78. The molecule has 2 rings (SSSR count). The maximum absolute atomic E-state index is 13.4. The van der Waals surface area contributed by atoms with Gasteiger partial charge in [-0.25, -0.2) is 8.42 Å². The number of rotatable bonds is 23. The van der Waals surface area contributed by atoms with Crippen LogP contribution in [0.4, 0.5) is 11.4 Å². The van der Waals surface area contributed by atoms with Crippen LogP contribution in [0.25, 0.3) is 0 Å². The maximum atomic E-state index is 13.4. The van der Waals surface area contributed by atoms with Gasteiger partial charge in [0.15, 0.2) is 0 Å². The highest BCUT2D eigenvalue weighted by molar-refractivity contribution is 7.92. The van der Waals surface area contributed by atoms with E-state index in [1.54, 1.807) is 25.3 Å². The van der Waals surface area contributed by atoms with E-state index in [9.17, 15) is 8.42 Å². The largest absolute Gasteiger partial charge is 0.493 e. The van der Waals surface area contributed by atoms with Gasteiger partial charge in [0.2, 0.25) is 0 Å². The second-order valence-corrected chi connectivity index (χ2v) is 14.2. The molecule has 2 aromatic carbocycles. The lowest BCUT2D eigenvalue weighted by atomic mass is 9.86. The number of methoxy groups -OCH3 is 1. The second kappa shape index (κ2) is 19.8. The van der Waals surface area contributed by atoms with Crippen LogP contribution >= 0.6 is 0 Å². The van der Waals surface area contributed by atoms with Crippen molar-refractivity contribution >= 4 is 21.4 Å². The lowest BCUT2D eigenvalue weighted by Crippen LogP contribution is -2.18. The first-order chi connectivity index (χ1) is 20.6. The number of nitrogens with two attached hydrogens (primary N) is 1. The van der Waals surface area contributed by atoms with Crippen molar-refractivity contribution < 1.29 is 22.6 Å². The van der Waals surface area contributed by atoms with Crippen molar-refractivity contribution in [2.75, 3.05) is 37.4 Å². The number of benzene rings is 2. The second-order valence-electron chi connectivity index (χ2n) is 12.6. The van der Waals surface area contributed by atoms with E-state index in [0.717, 1.165) is 24.2 Å². The molecule has 0 unspecified atom stereocenters. The minimum Gasteiger partial charge on any atom is -0.493 e. The standard InChI is InChI=1S/C35H58N2O5S/c1-6-7-8-9-10-11-12-13-14-15-16-17-18-19-24-41-32-23-21-30(28-31(32)35(2,3)4)37-43(38,39)34-27-29(36)20-22-33(34)42-26-25-40-5/h20-23,27-28,37H,6-19,24-26,36H2,1-5H3. The number of hydrogen-bond acceptors (Lipinski definition) is 6. The van der Waals surface area contributed by atoms with Crippen LogP contribution in [-0.2, 0) is 20.2 Å². The fraction of sp³-hybridized carbons (Fsp3) is 0.657. The number of anilines is 2. The summed E-state index contributed by atoms with van der Waals surface area (Å²) >= 11 is 0. The first-order valence-corrected chi connectivity index (χ1v) is 17.9. The number of hydrogen-bond donors (Lipinski definition) is 2. The number of nitrogens with one attached hydrogen (secondary N) is 1. The third-order valence-corrected chi connectivity index (χ3v) is 9.00. The van der Waals surface area contributed by atoms with Gasteiger partial charge >= 0.3 is 0 Å². The van der Waals surface area contributed by atoms with E-state index >= 15 is 0 Å². The average molecular weight is 619 g/mol. The zero-order valence-electron chi connectivity index (χ0n) is 27.5. The molecule has 43 heavy (non-hydrogen) atoms. The summed E-state index contributed by atoms with van der Waals surface area (Å²) in [6, 6.07) is 10.0. The van der Waals surface area contributed by atoms with Gasteiger partial charge < -0.3 is 19.9 Å². The van der Waals surface area contributed by atoms with Crippen LogP contribution in [0.2, 0.25) is 0 Å². The maximum Gasteiger partial charge on any atom is 0.265 e. The predicted molar refractivity (Wildman–Crippen MR) is 180 cm³/mol. The molecular weight excluding hydrogens is 560 g/mol. The van der Waals surface area contributed by atoms with E-state index in [2.05, 4.69) is 32.4 Å². The summed E-state index contributed by atoms with van der Waals surface area (Å²) in [6.07, 6.45) is 18.5. The van der Waals surface area contributed by atoms with Crippen LogP contribution in [0.3, 0.4) is 0 Å². The van der Waals surface area contributed by atoms with Crippen LogP contribution < -0.4 is 19.9 Å². The van der Waals surface area contributed by atoms with Crippen molar-refractivity contribution in [1.82, 2.24) is 0 Å². The Morgan fingerprint density at radius 3 is 1.79 bits per heavy atom. The first-order valence-electron chi connectivity index (χ1n) is 16.4. The quantitative estimate of drug-likeness (QED) is 0.0951. The first kappa shape index (κ1) is 36.7. The average Bonchev–Trinajstić information content (AvgIpc) is 2.95. The lowest BCUT2D eigenvalue weighted by Gasteiger charge is -2.24. The van der Waals surface area contributed by atoms with Gasteiger partial charge in [0.05, 0.1) is 13.2 Å². The minimum atomic E-state index is -3.96. The molecule has 0 radical (unpaired) electrons. The zero-order chi connectivity index (χ0) is 31.6. The van der Waals surface area contributed by atoms with Crippen LogP contribution in [0, 0.1) is 0 Å². The van der Waals surface area contributed by atoms with Gasteiger partial charge in [-0.1, -0.05) is 111 Å². The highest BCUT2D eigenvalue weighted by atomic mass is 32.2. The fourth-order valence-electron chi connectivity index (χ4n) is 5.08. The zero-order valence-corrected chi connectivity index (χ0v) is 28.3. The molecule has 2 aromatic rings. The Hall–Kier alpha value is -2.45. The van der Waals surface area contributed by atoms with Crippen molar-refractivity contribution in [3.63, 3.8) is 0 Å². The van der Waals surface area contributed by atoms with Gasteiger partial charge in [0, 0.05) is 24.0 Å². The van der Waals surface area contributed by atoms with Crippen molar-refractivity contribution in [2.45, 2.75) is 128 Å². The number of ether oxygens (including phenoxy) is 3. The predicted octanol–water partition coefficient (Wildman–Crippen LogP) is 9.25. The third-order valence-electron chi connectivity index (χ3n) is 7.60. The Morgan fingerprint density at radius 2 is 1.23 bits per heavy atom. The van der Waals surface area contributed by atoms with Gasteiger partial charge in [-0.15, -0.1) is 0 Å². The molecule has 244 valence electrons. The molecule has 0 fully saturated rings. The number of sulfonamides is 1. The van der Waals surface area contributed by atoms with Gasteiger partial charge in [-0.2, -0.15) is 0 Å². The molecule has 3 N–H and O–H groups in total. The summed E-state index contributed by atoms with van der Waals surface area (Å²) in [4.78, 5) is -0.0148. The third kappa shape index (κ3) is 14.3. The molecule has 0 heterocycles. The monoisotopic (exact) mass is 618 g/mol. The van der Waals surface area contributed by atoms with Gasteiger partial charge in [-0.3, -0.25) is 4.72 Å². The SMILES string of the molecule is CCCCCCCCCCCCCCCCOc1ccc(NS(=O)(=O)c2cc(N)ccc2OCCOC)cc1C(C)(C)C. The Balaban J connectivity index is 1.84. The lowest BCUT2D eigenvalue weighted by molar-refractivity contribution is 0.144. The molecule has 0 amide bonds. The Morgan fingerprint density at radius 1 is 0.698 bits per heavy atom. The summed E-state index contributed by atoms with van der Waals surface area (Å²) in [7, 11) is -2.40. The van der Waals surface area contributed by atoms with Gasteiger partial charge in [0.1, 0.15) is 23.0 Å². The van der Waals surface area contributed by atoms with E-state index in [-0.39, 0.29) is 22.7 Å². The molecule has 8 heteroatoms. The Bertz CT molecular complexity index is 1160. The summed E-state index contributed by atoms with van der Waals surface area (Å²) in [5.41, 5.74) is 7.42. The normalized spacial score (nSPS) is 11.9. The molecule has 0 aliphatic heterocycles. The Labute approximate surface area is 262 Å². The minimum absolute atomic E-state index is 0.0148. The van der Waals surface area contributed by atoms with Crippen LogP contribution in [0.5, 0.6) is 11.5 Å². The number of nitrogen functional groups attached to an aromatic ring is 1. The van der Waals surface area contributed by atoms with E-state index in [0.29, 0.717) is 24.6 Å². The number of unbranched alkanes of at least 4 members (excludes halogenated alkanes) is 13. The summed E-state index contributed by atoms with van der Waals surface area (Å²) in [5, 5.41) is 0. The van der Waals surface area contributed by atoms with E-state index in [1.807, 2.05) is 12.1 Å². The fourth-order valence-corrected chi connectivity index (χ4v) is 6.31. The van der Waals surface area contributed by atoms with E-state index in [1.165, 1.54) is 83.1 Å². The summed E-state index contributed by atoms with van der Waals surface area (Å²) in [5.74, 6) is 1.01. The van der Waals surface area contributed by atoms with E-state index < -0.39 is 10.0 Å². The summed E-state index contributed by atoms with van der Waals surface area (Å²) < 4.78 is 46.3. The van der Waals surface area contributed by atoms with Crippen LogP contribution in [0.1, 0.15) is 123 Å². The van der Waals surface area contributed by atoms with Crippen LogP contribution in [-0.4, -0.2) is 35.3 Å². The smallest absolute Gasteiger partial charge is 0.265 e. The van der Waals surface area contributed by atoms with Crippen molar-refractivity contribution in [1.29, 1.82) is 0 Å². The topological polar surface area (TPSA) is 99.9 Å². The highest BCUT2D eigenvalue weighted by Gasteiger charge is 2.24. The molecule has 0 spiro atoms. The van der Waals surface area contributed by atoms with Crippen molar-refractivity contribution in [3.8, 4) is 11.5 Å². The molecule has 0 bridgehead atoms. The van der Waals surface area contributed by atoms with E-state index in [4.69, 9.17) is 19.9 Å². The highest BCUT2D eigenvalue weighted by Crippen LogP contribution is 2.35. The Kier molecular flexibility index (Phi) is 16.9. The molecule has 0 saturated carbocycles. The van der Waals surface area contributed by atoms with Crippen LogP contribution in [0.15, 0.2) is 41.3 Å². The van der Waals surface area contributed by atoms with Gasteiger partial charge in [-0.05, 0) is 48.2 Å². The van der Waals surface area contributed by atoms with Crippen molar-refractivity contribution in [3.05, 3.63) is 42.0 Å². The molecule has 0 saturated heterocycles. The molecule has 0 atom stereocenters. The molecular formula is C35H58N2O5S. The molecule has 0 aliphatic carbocycles. The van der Waals surface area contributed by atoms with Gasteiger partial charge in [0.25, 0.3) is 10.0 Å². The molecule has 0 aromatic heterocycles. The molecule has 0 aliphatic rings. The van der Waals surface area contributed by atoms with Crippen molar-refractivity contribution in [2.24, 2.45) is 0 Å².